The number of hydrogen-bond donors (Lipinski definition) is 1. The summed E-state index contributed by atoms with van der Waals surface area (Å²) >= 11 is 0. The Morgan fingerprint density at radius 3 is 2.61 bits per heavy atom. The van der Waals surface area contributed by atoms with Gasteiger partial charge in [-0.25, -0.2) is 4.79 Å². The number of aromatic nitrogens is 2. The number of hydrogen-bond acceptors (Lipinski definition) is 3. The van der Waals surface area contributed by atoms with Crippen LogP contribution in [0.25, 0.3) is 0 Å². The average Bonchev–Trinajstić information content (AvgIpc) is 3.34. The van der Waals surface area contributed by atoms with Gasteiger partial charge < -0.3 is 5.11 Å². The van der Waals surface area contributed by atoms with Crippen molar-refractivity contribution in [3.63, 3.8) is 0 Å². The lowest BCUT2D eigenvalue weighted by atomic mass is 9.74. The largest absolute Gasteiger partial charge is 0.478 e. The predicted molar refractivity (Wildman–Crippen MR) is 118 cm³/mol. The van der Waals surface area contributed by atoms with E-state index in [0.29, 0.717) is 19.3 Å². The highest BCUT2D eigenvalue weighted by Crippen LogP contribution is 2.49. The summed E-state index contributed by atoms with van der Waals surface area (Å²) in [5, 5.41) is 13.8. The Kier molecular flexibility index (Phi) is 4.46. The minimum Gasteiger partial charge on any atom is -0.478 e. The van der Waals surface area contributed by atoms with E-state index in [1.807, 2.05) is 28.8 Å². The third-order valence-electron chi connectivity index (χ3n) is 6.51. The molecule has 1 aliphatic carbocycles. The van der Waals surface area contributed by atoms with Crippen molar-refractivity contribution in [3.05, 3.63) is 76.6 Å². The molecule has 1 aromatic heterocycles. The second-order valence-electron chi connectivity index (χ2n) is 8.83. The maximum atomic E-state index is 14.1. The molecule has 1 atom stereocenters. The van der Waals surface area contributed by atoms with Gasteiger partial charge in [0.25, 0.3) is 0 Å². The highest BCUT2D eigenvalue weighted by atomic mass is 16.4. The minimum atomic E-state index is -0.940. The first-order valence-corrected chi connectivity index (χ1v) is 10.7. The van der Waals surface area contributed by atoms with Gasteiger partial charge in [0.1, 0.15) is 0 Å². The minimum absolute atomic E-state index is 0.0646. The van der Waals surface area contributed by atoms with Crippen LogP contribution in [0.3, 0.4) is 0 Å². The van der Waals surface area contributed by atoms with E-state index < -0.39 is 11.4 Å². The van der Waals surface area contributed by atoms with Gasteiger partial charge in [0.05, 0.1) is 28.6 Å². The maximum absolute atomic E-state index is 14.1. The van der Waals surface area contributed by atoms with Gasteiger partial charge in [0.15, 0.2) is 0 Å². The van der Waals surface area contributed by atoms with E-state index in [1.165, 1.54) is 0 Å². The van der Waals surface area contributed by atoms with Crippen LogP contribution >= 0.6 is 0 Å². The zero-order valence-electron chi connectivity index (χ0n) is 17.8. The maximum Gasteiger partial charge on any atom is 0.335 e. The van der Waals surface area contributed by atoms with Gasteiger partial charge in [-0.15, -0.1) is 0 Å². The Morgan fingerprint density at radius 2 is 1.84 bits per heavy atom. The summed E-state index contributed by atoms with van der Waals surface area (Å²) in [7, 11) is 0. The molecule has 5 rings (SSSR count). The molecule has 3 aromatic rings. The number of anilines is 2. The van der Waals surface area contributed by atoms with Crippen LogP contribution in [0.5, 0.6) is 0 Å². The number of carboxylic acid groups (broad SMARTS) is 1. The lowest BCUT2D eigenvalue weighted by molar-refractivity contribution is -0.127. The van der Waals surface area contributed by atoms with Crippen LogP contribution in [-0.4, -0.2) is 26.8 Å². The lowest BCUT2D eigenvalue weighted by Crippen LogP contribution is -2.47. The molecule has 6 nitrogen and oxygen atoms in total. The van der Waals surface area contributed by atoms with Crippen molar-refractivity contribution in [1.82, 2.24) is 9.78 Å². The number of nitrogens with zero attached hydrogens (tertiary/aromatic N) is 3. The molecule has 1 N–H and O–H groups in total. The molecule has 0 radical (unpaired) electrons. The number of carboxylic acids is 1. The molecule has 1 aliphatic heterocycles. The van der Waals surface area contributed by atoms with E-state index in [1.54, 1.807) is 18.3 Å². The van der Waals surface area contributed by atoms with Crippen LogP contribution in [0.15, 0.2) is 48.8 Å². The van der Waals surface area contributed by atoms with E-state index in [0.717, 1.165) is 46.6 Å². The molecule has 158 valence electrons. The smallest absolute Gasteiger partial charge is 0.335 e. The molecule has 2 heterocycles. The van der Waals surface area contributed by atoms with Crippen molar-refractivity contribution in [2.45, 2.75) is 46.1 Å². The van der Waals surface area contributed by atoms with Crippen LogP contribution in [0, 0.1) is 12.3 Å². The first-order valence-electron chi connectivity index (χ1n) is 10.7. The van der Waals surface area contributed by atoms with Crippen molar-refractivity contribution in [2.75, 3.05) is 4.90 Å². The summed E-state index contributed by atoms with van der Waals surface area (Å²) in [6, 6.07) is 11.5. The Labute approximate surface area is 181 Å². The fourth-order valence-electron chi connectivity index (χ4n) is 5.06. The summed E-state index contributed by atoms with van der Waals surface area (Å²) in [4.78, 5) is 27.3. The van der Waals surface area contributed by atoms with E-state index in [2.05, 4.69) is 30.2 Å². The van der Waals surface area contributed by atoms with Crippen molar-refractivity contribution >= 4 is 23.3 Å². The summed E-state index contributed by atoms with van der Waals surface area (Å²) in [5.41, 5.74) is 5.65. The molecule has 31 heavy (non-hydrogen) atoms. The average molecular weight is 415 g/mol. The quantitative estimate of drug-likeness (QED) is 0.689. The monoisotopic (exact) mass is 415 g/mol. The molecule has 0 saturated heterocycles. The normalized spacial score (nSPS) is 19.5. The topological polar surface area (TPSA) is 75.4 Å². The number of carbonyl (C=O) groups excluding carboxylic acids is 1. The van der Waals surface area contributed by atoms with Crippen molar-refractivity contribution in [1.29, 1.82) is 0 Å². The third-order valence-corrected chi connectivity index (χ3v) is 6.51. The van der Waals surface area contributed by atoms with E-state index in [9.17, 15) is 14.7 Å². The molecule has 1 amide bonds. The van der Waals surface area contributed by atoms with Crippen molar-refractivity contribution in [2.24, 2.45) is 5.41 Å². The number of aryl methyl sites for hydroxylation is 2. The molecule has 0 bridgehead atoms. The van der Waals surface area contributed by atoms with Gasteiger partial charge >= 0.3 is 5.97 Å². The first kappa shape index (κ1) is 19.5. The van der Waals surface area contributed by atoms with Crippen LogP contribution in [0.2, 0.25) is 0 Å². The lowest BCUT2D eigenvalue weighted by Gasteiger charge is -2.40. The molecular formula is C25H25N3O3. The first-order chi connectivity index (χ1) is 14.9. The summed E-state index contributed by atoms with van der Waals surface area (Å²) in [6.07, 6.45) is 6.50. The van der Waals surface area contributed by atoms with Crippen molar-refractivity contribution < 1.29 is 14.7 Å². The van der Waals surface area contributed by atoms with E-state index >= 15 is 0 Å². The Balaban J connectivity index is 1.60. The van der Waals surface area contributed by atoms with E-state index in [4.69, 9.17) is 0 Å². The molecule has 2 aromatic carbocycles. The second-order valence-corrected chi connectivity index (χ2v) is 8.83. The predicted octanol–water partition coefficient (Wildman–Crippen LogP) is 4.31. The highest BCUT2D eigenvalue weighted by molar-refractivity contribution is 6.07. The van der Waals surface area contributed by atoms with Gasteiger partial charge in [-0.2, -0.15) is 5.10 Å². The van der Waals surface area contributed by atoms with Gasteiger partial charge in [0.2, 0.25) is 5.91 Å². The van der Waals surface area contributed by atoms with Crippen LogP contribution in [0.4, 0.5) is 11.4 Å². The zero-order chi connectivity index (χ0) is 21.8. The summed E-state index contributed by atoms with van der Waals surface area (Å²) < 4.78 is 1.88. The standard InChI is InChI=1S/C25H25N3O3/c1-3-8-27-15-21(14-26-27)28-22-9-16(2)4-5-19(22)12-25(24(28)31)11-18-7-6-17(23(29)30)10-20(18)13-25/h4-7,9-10,14-15H,3,8,11-13H2,1-2H3,(H,29,30). The number of aromatic carboxylic acids is 1. The van der Waals surface area contributed by atoms with Crippen LogP contribution < -0.4 is 4.90 Å². The Bertz CT molecular complexity index is 1210. The van der Waals surface area contributed by atoms with E-state index in [-0.39, 0.29) is 11.5 Å². The third kappa shape index (κ3) is 3.14. The number of amides is 1. The Hall–Kier alpha value is -3.41. The van der Waals surface area contributed by atoms with Crippen LogP contribution in [0.1, 0.15) is 46.0 Å². The SMILES string of the molecule is CCCn1cc(N2C(=O)C3(Cc4ccc(C(=O)O)cc4C3)Cc3ccc(C)cc32)cn1. The molecule has 6 heteroatoms. The second kappa shape index (κ2) is 7.08. The van der Waals surface area contributed by atoms with Gasteiger partial charge in [0, 0.05) is 12.7 Å². The zero-order valence-corrected chi connectivity index (χ0v) is 17.8. The number of benzene rings is 2. The molecule has 2 aliphatic rings. The van der Waals surface area contributed by atoms with Crippen molar-refractivity contribution in [3.8, 4) is 0 Å². The highest BCUT2D eigenvalue weighted by Gasteiger charge is 2.50. The fourth-order valence-corrected chi connectivity index (χ4v) is 5.06. The molecular weight excluding hydrogens is 390 g/mol. The summed E-state index contributed by atoms with van der Waals surface area (Å²) in [5.74, 6) is -0.876. The Morgan fingerprint density at radius 1 is 1.10 bits per heavy atom. The van der Waals surface area contributed by atoms with Gasteiger partial charge in [-0.05, 0) is 73.1 Å². The molecule has 0 fully saturated rings. The van der Waals surface area contributed by atoms with Gasteiger partial charge in [-0.3, -0.25) is 14.4 Å². The number of fused-ring (bicyclic) bond motifs is 2. The molecule has 1 spiro atoms. The fraction of sp³-hybridized carbons (Fsp3) is 0.320. The number of carbonyl (C=O) groups is 2. The van der Waals surface area contributed by atoms with Crippen LogP contribution in [-0.2, 0) is 30.6 Å². The number of rotatable bonds is 4. The summed E-state index contributed by atoms with van der Waals surface area (Å²) in [6.45, 7) is 4.94. The molecule has 0 saturated carbocycles. The molecule has 1 unspecified atom stereocenters. The van der Waals surface area contributed by atoms with Gasteiger partial charge in [-0.1, -0.05) is 25.1 Å².